The molecule has 2 rings (SSSR count). The number of hydrogen-bond acceptors (Lipinski definition) is 3. The molecule has 0 unspecified atom stereocenters. The van der Waals surface area contributed by atoms with Crippen LogP contribution in [0.3, 0.4) is 0 Å². The van der Waals surface area contributed by atoms with Gasteiger partial charge in [-0.1, -0.05) is 13.0 Å². The van der Waals surface area contributed by atoms with Crippen LogP contribution in [0.2, 0.25) is 0 Å². The maximum absolute atomic E-state index is 11.7. The number of phenols is 1. The second-order valence-electron chi connectivity index (χ2n) is 4.96. The molecule has 1 aliphatic rings. The van der Waals surface area contributed by atoms with E-state index in [1.807, 2.05) is 0 Å². The Bertz CT molecular complexity index is 411. The zero-order valence-corrected chi connectivity index (χ0v) is 10.6. The molecule has 1 amide bonds. The molecule has 0 saturated heterocycles. The van der Waals surface area contributed by atoms with Crippen LogP contribution in [-0.4, -0.2) is 17.3 Å². The minimum atomic E-state index is -0.444. The SMILES string of the molecule is CC1CCC(OC(=O)Nc2cccc(O)c2)CC1. The van der Waals surface area contributed by atoms with Crippen LogP contribution in [0.15, 0.2) is 24.3 Å². The number of carbonyl (C=O) groups is 1. The number of hydrogen-bond donors (Lipinski definition) is 2. The van der Waals surface area contributed by atoms with Crippen LogP contribution in [0.4, 0.5) is 10.5 Å². The van der Waals surface area contributed by atoms with Crippen molar-refractivity contribution in [2.75, 3.05) is 5.32 Å². The highest BCUT2D eigenvalue weighted by Crippen LogP contribution is 2.26. The van der Waals surface area contributed by atoms with E-state index < -0.39 is 6.09 Å². The van der Waals surface area contributed by atoms with Crippen molar-refractivity contribution in [1.82, 2.24) is 0 Å². The van der Waals surface area contributed by atoms with Crippen LogP contribution in [0.25, 0.3) is 0 Å². The van der Waals surface area contributed by atoms with Crippen molar-refractivity contribution in [3.63, 3.8) is 0 Å². The molecule has 0 radical (unpaired) electrons. The van der Waals surface area contributed by atoms with Gasteiger partial charge in [-0.25, -0.2) is 4.79 Å². The largest absolute Gasteiger partial charge is 0.508 e. The molecular weight excluding hydrogens is 230 g/mol. The minimum Gasteiger partial charge on any atom is -0.508 e. The maximum Gasteiger partial charge on any atom is 0.411 e. The van der Waals surface area contributed by atoms with E-state index in [1.54, 1.807) is 18.2 Å². The van der Waals surface area contributed by atoms with Crippen molar-refractivity contribution < 1.29 is 14.6 Å². The number of phenolic OH excluding ortho intramolecular Hbond substituents is 1. The monoisotopic (exact) mass is 249 g/mol. The molecular formula is C14H19NO3. The molecule has 0 spiro atoms. The third kappa shape index (κ3) is 3.65. The Morgan fingerprint density at radius 1 is 1.33 bits per heavy atom. The lowest BCUT2D eigenvalue weighted by Crippen LogP contribution is -2.26. The number of anilines is 1. The molecule has 2 N–H and O–H groups in total. The van der Waals surface area contributed by atoms with Crippen LogP contribution >= 0.6 is 0 Å². The molecule has 4 nitrogen and oxygen atoms in total. The van der Waals surface area contributed by atoms with Crippen LogP contribution in [0, 0.1) is 5.92 Å². The van der Waals surface area contributed by atoms with E-state index in [1.165, 1.54) is 6.07 Å². The predicted molar refractivity (Wildman–Crippen MR) is 69.6 cm³/mol. The number of carbonyl (C=O) groups excluding carboxylic acids is 1. The molecule has 0 aliphatic heterocycles. The quantitative estimate of drug-likeness (QED) is 0.843. The summed E-state index contributed by atoms with van der Waals surface area (Å²) >= 11 is 0. The van der Waals surface area contributed by atoms with Gasteiger partial charge in [-0.05, 0) is 43.7 Å². The van der Waals surface area contributed by atoms with Crippen molar-refractivity contribution in [3.8, 4) is 5.75 Å². The van der Waals surface area contributed by atoms with Crippen LogP contribution in [-0.2, 0) is 4.74 Å². The average Bonchev–Trinajstić information content (AvgIpc) is 2.32. The predicted octanol–water partition coefficient (Wildman–Crippen LogP) is 3.52. The normalized spacial score (nSPS) is 23.4. The molecule has 0 aromatic heterocycles. The Morgan fingerprint density at radius 2 is 2.06 bits per heavy atom. The second-order valence-corrected chi connectivity index (χ2v) is 4.96. The third-order valence-electron chi connectivity index (χ3n) is 3.33. The number of rotatable bonds is 2. The molecule has 1 fully saturated rings. The number of benzene rings is 1. The summed E-state index contributed by atoms with van der Waals surface area (Å²) in [6, 6.07) is 6.43. The van der Waals surface area contributed by atoms with E-state index >= 15 is 0 Å². The van der Waals surface area contributed by atoms with Gasteiger partial charge in [0, 0.05) is 11.8 Å². The summed E-state index contributed by atoms with van der Waals surface area (Å²) in [6.45, 7) is 2.23. The van der Waals surface area contributed by atoms with E-state index in [2.05, 4.69) is 12.2 Å². The van der Waals surface area contributed by atoms with E-state index in [0.29, 0.717) is 5.69 Å². The number of ether oxygens (including phenoxy) is 1. The first kappa shape index (κ1) is 12.7. The van der Waals surface area contributed by atoms with Gasteiger partial charge in [-0.15, -0.1) is 0 Å². The Hall–Kier alpha value is -1.71. The number of nitrogens with one attached hydrogen (secondary N) is 1. The highest BCUT2D eigenvalue weighted by Gasteiger charge is 2.21. The lowest BCUT2D eigenvalue weighted by atomic mass is 9.89. The summed E-state index contributed by atoms with van der Waals surface area (Å²) in [6.07, 6.45) is 3.69. The number of aromatic hydroxyl groups is 1. The summed E-state index contributed by atoms with van der Waals surface area (Å²) in [5.74, 6) is 0.860. The molecule has 98 valence electrons. The van der Waals surface area contributed by atoms with Crippen molar-refractivity contribution >= 4 is 11.8 Å². The summed E-state index contributed by atoms with van der Waals surface area (Å²) in [5, 5.41) is 11.9. The Labute approximate surface area is 107 Å². The molecule has 1 aromatic carbocycles. The fourth-order valence-electron chi connectivity index (χ4n) is 2.23. The summed E-state index contributed by atoms with van der Waals surface area (Å²) in [4.78, 5) is 11.7. The van der Waals surface area contributed by atoms with Gasteiger partial charge >= 0.3 is 6.09 Å². The minimum absolute atomic E-state index is 0.0264. The first-order valence-corrected chi connectivity index (χ1v) is 6.40. The third-order valence-corrected chi connectivity index (χ3v) is 3.33. The topological polar surface area (TPSA) is 58.6 Å². The van der Waals surface area contributed by atoms with Gasteiger partial charge in [0.1, 0.15) is 11.9 Å². The molecule has 0 heterocycles. The lowest BCUT2D eigenvalue weighted by Gasteiger charge is -2.25. The zero-order valence-electron chi connectivity index (χ0n) is 10.6. The summed E-state index contributed by atoms with van der Waals surface area (Å²) in [7, 11) is 0. The molecule has 4 heteroatoms. The van der Waals surface area contributed by atoms with E-state index in [9.17, 15) is 9.90 Å². The smallest absolute Gasteiger partial charge is 0.411 e. The second kappa shape index (κ2) is 5.76. The van der Waals surface area contributed by atoms with Crippen molar-refractivity contribution in [2.45, 2.75) is 38.7 Å². The van der Waals surface area contributed by atoms with Gasteiger partial charge in [0.25, 0.3) is 0 Å². The van der Waals surface area contributed by atoms with Gasteiger partial charge in [-0.3, -0.25) is 5.32 Å². The van der Waals surface area contributed by atoms with Crippen molar-refractivity contribution in [2.24, 2.45) is 5.92 Å². The van der Waals surface area contributed by atoms with E-state index in [4.69, 9.17) is 4.74 Å². The Balaban J connectivity index is 1.82. The molecule has 0 bridgehead atoms. The Morgan fingerprint density at radius 3 is 2.72 bits per heavy atom. The van der Waals surface area contributed by atoms with Gasteiger partial charge in [-0.2, -0.15) is 0 Å². The van der Waals surface area contributed by atoms with Gasteiger partial charge < -0.3 is 9.84 Å². The van der Waals surface area contributed by atoms with Gasteiger partial charge in [0.15, 0.2) is 0 Å². The maximum atomic E-state index is 11.7. The molecule has 1 aliphatic carbocycles. The Kier molecular flexibility index (Phi) is 4.07. The molecule has 1 saturated carbocycles. The lowest BCUT2D eigenvalue weighted by molar-refractivity contribution is 0.0765. The first-order chi connectivity index (χ1) is 8.63. The fraction of sp³-hybridized carbons (Fsp3) is 0.500. The molecule has 18 heavy (non-hydrogen) atoms. The summed E-state index contributed by atoms with van der Waals surface area (Å²) in [5.41, 5.74) is 0.546. The zero-order chi connectivity index (χ0) is 13.0. The molecule has 1 aromatic rings. The fourth-order valence-corrected chi connectivity index (χ4v) is 2.23. The van der Waals surface area contributed by atoms with Gasteiger partial charge in [0.05, 0.1) is 0 Å². The van der Waals surface area contributed by atoms with Crippen LogP contribution < -0.4 is 5.32 Å². The van der Waals surface area contributed by atoms with Crippen LogP contribution in [0.1, 0.15) is 32.6 Å². The van der Waals surface area contributed by atoms with Crippen molar-refractivity contribution in [3.05, 3.63) is 24.3 Å². The van der Waals surface area contributed by atoms with E-state index in [0.717, 1.165) is 31.6 Å². The molecule has 0 atom stereocenters. The van der Waals surface area contributed by atoms with Crippen molar-refractivity contribution in [1.29, 1.82) is 0 Å². The average molecular weight is 249 g/mol. The number of amides is 1. The van der Waals surface area contributed by atoms with Crippen LogP contribution in [0.5, 0.6) is 5.75 Å². The standard InChI is InChI=1S/C14H19NO3/c1-10-5-7-13(8-6-10)18-14(17)15-11-3-2-4-12(16)9-11/h2-4,9-10,13,16H,5-8H2,1H3,(H,15,17). The summed E-state index contributed by atoms with van der Waals surface area (Å²) < 4.78 is 5.35. The highest BCUT2D eigenvalue weighted by atomic mass is 16.6. The van der Waals surface area contributed by atoms with Gasteiger partial charge in [0.2, 0.25) is 0 Å². The van der Waals surface area contributed by atoms with E-state index in [-0.39, 0.29) is 11.9 Å². The first-order valence-electron chi connectivity index (χ1n) is 6.40. The highest BCUT2D eigenvalue weighted by molar-refractivity contribution is 5.84.